The lowest BCUT2D eigenvalue weighted by atomic mass is 9.75. The molecule has 5 rings (SSSR count). The van der Waals surface area contributed by atoms with Crippen LogP contribution in [0.15, 0.2) is 54.6 Å². The molecule has 0 spiro atoms. The monoisotopic (exact) mass is 576 g/mol. The van der Waals surface area contributed by atoms with Gasteiger partial charge in [0.1, 0.15) is 18.0 Å². The van der Waals surface area contributed by atoms with E-state index in [9.17, 15) is 14.4 Å². The number of benzene rings is 2. The molecule has 2 aromatic carbocycles. The molecule has 2 aromatic rings. The Bertz CT molecular complexity index is 1260. The van der Waals surface area contributed by atoms with Crippen molar-refractivity contribution in [3.8, 4) is 5.75 Å². The van der Waals surface area contributed by atoms with Crippen LogP contribution in [0.3, 0.4) is 0 Å². The number of rotatable bonds is 7. The van der Waals surface area contributed by atoms with Gasteiger partial charge >= 0.3 is 6.09 Å². The number of hydrogen-bond acceptors (Lipinski definition) is 6. The van der Waals surface area contributed by atoms with Crippen molar-refractivity contribution in [1.82, 2.24) is 20.0 Å². The maximum Gasteiger partial charge on any atom is 0.410 e. The average molecular weight is 577 g/mol. The van der Waals surface area contributed by atoms with E-state index in [1.165, 1.54) is 19.8 Å². The van der Waals surface area contributed by atoms with Crippen molar-refractivity contribution in [3.63, 3.8) is 0 Å². The first kappa shape index (κ1) is 29.9. The second-order valence-corrected chi connectivity index (χ2v) is 12.8. The summed E-state index contributed by atoms with van der Waals surface area (Å²) in [6.07, 6.45) is 2.64. The largest absolute Gasteiger partial charge is 0.492 e. The minimum atomic E-state index is -0.668. The third-order valence-corrected chi connectivity index (χ3v) is 8.58. The maximum atomic E-state index is 14.2. The molecule has 9 nitrogen and oxygen atoms in total. The van der Waals surface area contributed by atoms with E-state index in [2.05, 4.69) is 10.2 Å². The molecule has 0 radical (unpaired) electrons. The summed E-state index contributed by atoms with van der Waals surface area (Å²) in [6, 6.07) is 16.9. The van der Waals surface area contributed by atoms with E-state index in [0.29, 0.717) is 38.2 Å². The number of ether oxygens (including phenoxy) is 2. The number of piperidine rings is 1. The van der Waals surface area contributed by atoms with E-state index in [1.807, 2.05) is 80.3 Å². The Kier molecular flexibility index (Phi) is 8.78. The fourth-order valence-electron chi connectivity index (χ4n) is 6.70. The number of carbonyl (C=O) groups excluding carboxylic acids is 3. The summed E-state index contributed by atoms with van der Waals surface area (Å²) in [5, 5.41) is 3.22. The van der Waals surface area contributed by atoms with Gasteiger partial charge in [0.2, 0.25) is 5.91 Å². The van der Waals surface area contributed by atoms with Crippen LogP contribution in [0, 0.1) is 5.92 Å². The summed E-state index contributed by atoms with van der Waals surface area (Å²) >= 11 is 0. The number of likely N-dealkylation sites (tertiary alicyclic amines) is 3. The van der Waals surface area contributed by atoms with Gasteiger partial charge in [0.15, 0.2) is 0 Å². The Morgan fingerprint density at radius 3 is 2.31 bits per heavy atom. The summed E-state index contributed by atoms with van der Waals surface area (Å²) in [7, 11) is 0. The molecule has 3 heterocycles. The average Bonchev–Trinajstić information content (AvgIpc) is 3.58. The first-order valence-electron chi connectivity index (χ1n) is 15.1. The molecule has 0 aliphatic carbocycles. The van der Waals surface area contributed by atoms with Gasteiger partial charge in [-0.3, -0.25) is 14.5 Å². The Hall–Kier alpha value is -3.59. The van der Waals surface area contributed by atoms with Crippen LogP contribution in [0.1, 0.15) is 68.9 Å². The van der Waals surface area contributed by atoms with Gasteiger partial charge in [-0.25, -0.2) is 4.79 Å². The lowest BCUT2D eigenvalue weighted by molar-refractivity contribution is -0.121. The Balaban J connectivity index is 1.39. The predicted octanol–water partition coefficient (Wildman–Crippen LogP) is 4.49. The molecule has 226 valence electrons. The van der Waals surface area contributed by atoms with Crippen LogP contribution in [-0.4, -0.2) is 89.6 Å². The summed E-state index contributed by atoms with van der Waals surface area (Å²) in [6.45, 7) is 12.0. The van der Waals surface area contributed by atoms with E-state index in [-0.39, 0.29) is 29.9 Å². The number of carbonyl (C=O) groups is 3. The zero-order chi connectivity index (χ0) is 29.9. The van der Waals surface area contributed by atoms with Crippen LogP contribution in [0.5, 0.6) is 5.75 Å². The van der Waals surface area contributed by atoms with Crippen molar-refractivity contribution in [1.29, 1.82) is 0 Å². The second kappa shape index (κ2) is 12.3. The minimum absolute atomic E-state index is 0.115. The molecule has 0 bridgehead atoms. The molecule has 3 aliphatic heterocycles. The molecule has 0 aromatic heterocycles. The fourth-order valence-corrected chi connectivity index (χ4v) is 6.70. The maximum absolute atomic E-state index is 14.2. The highest BCUT2D eigenvalue weighted by Gasteiger charge is 2.57. The van der Waals surface area contributed by atoms with Crippen molar-refractivity contribution in [2.24, 2.45) is 5.92 Å². The fraction of sp³-hybridized carbons (Fsp3) is 0.545. The summed E-state index contributed by atoms with van der Waals surface area (Å²) in [5.41, 5.74) is 0.239. The number of nitrogens with zero attached hydrogens (tertiary/aromatic N) is 3. The number of amides is 3. The van der Waals surface area contributed by atoms with Gasteiger partial charge in [0.05, 0.1) is 11.6 Å². The number of fused-ring (bicyclic) bond motifs is 1. The Labute approximate surface area is 249 Å². The third-order valence-electron chi connectivity index (χ3n) is 8.58. The zero-order valence-corrected chi connectivity index (χ0v) is 25.3. The topological polar surface area (TPSA) is 91.4 Å². The van der Waals surface area contributed by atoms with Crippen LogP contribution < -0.4 is 10.1 Å². The number of nitrogens with one attached hydrogen (secondary N) is 1. The van der Waals surface area contributed by atoms with Crippen molar-refractivity contribution in [3.05, 3.63) is 65.7 Å². The van der Waals surface area contributed by atoms with Crippen LogP contribution >= 0.6 is 0 Å². The molecule has 3 fully saturated rings. The van der Waals surface area contributed by atoms with Crippen molar-refractivity contribution in [2.75, 3.05) is 45.9 Å². The highest BCUT2D eigenvalue weighted by Crippen LogP contribution is 2.48. The summed E-state index contributed by atoms with van der Waals surface area (Å²) in [4.78, 5) is 45.8. The molecule has 3 saturated heterocycles. The molecule has 0 unspecified atom stereocenters. The zero-order valence-electron chi connectivity index (χ0n) is 25.3. The van der Waals surface area contributed by atoms with Gasteiger partial charge in [-0.05, 0) is 83.0 Å². The molecule has 0 saturated carbocycles. The van der Waals surface area contributed by atoms with E-state index in [4.69, 9.17) is 9.47 Å². The Morgan fingerprint density at radius 2 is 1.67 bits per heavy atom. The van der Waals surface area contributed by atoms with Gasteiger partial charge in [-0.2, -0.15) is 0 Å². The van der Waals surface area contributed by atoms with Crippen LogP contribution in [0.2, 0.25) is 0 Å². The second-order valence-electron chi connectivity index (χ2n) is 12.8. The van der Waals surface area contributed by atoms with E-state index < -0.39 is 11.1 Å². The van der Waals surface area contributed by atoms with Crippen molar-refractivity contribution >= 4 is 17.9 Å². The van der Waals surface area contributed by atoms with Crippen LogP contribution in [0.4, 0.5) is 4.79 Å². The highest BCUT2D eigenvalue weighted by atomic mass is 16.6. The standard InChI is InChI=1S/C33H44N4O5/c1-24(38)34-33-16-19-36(31(40)42-32(2,3)4)22-28(33)29(25-10-6-5-7-11-25)37(23-33)30(39)26-12-14-27(15-13-26)41-21-20-35-17-8-9-18-35/h5-7,10-15,28-29H,8-9,16-23H2,1-4H3,(H,34,38)/t28-,29-,33-/m1/s1. The molecule has 9 heteroatoms. The normalized spacial score (nSPS) is 24.3. The van der Waals surface area contributed by atoms with Crippen LogP contribution in [-0.2, 0) is 9.53 Å². The quantitative estimate of drug-likeness (QED) is 0.522. The van der Waals surface area contributed by atoms with Gasteiger partial charge in [-0.15, -0.1) is 0 Å². The number of hydrogen-bond donors (Lipinski definition) is 1. The van der Waals surface area contributed by atoms with Crippen molar-refractivity contribution in [2.45, 2.75) is 64.1 Å². The molecule has 1 N–H and O–H groups in total. The molecule has 42 heavy (non-hydrogen) atoms. The van der Waals surface area contributed by atoms with Gasteiger partial charge in [-0.1, -0.05) is 30.3 Å². The summed E-state index contributed by atoms with van der Waals surface area (Å²) < 4.78 is 11.7. The molecule has 3 amide bonds. The highest BCUT2D eigenvalue weighted by molar-refractivity contribution is 5.95. The lowest BCUT2D eigenvalue weighted by Crippen LogP contribution is -2.62. The van der Waals surface area contributed by atoms with Gasteiger partial charge < -0.3 is 24.6 Å². The first-order valence-corrected chi connectivity index (χ1v) is 15.1. The predicted molar refractivity (Wildman–Crippen MR) is 160 cm³/mol. The Morgan fingerprint density at radius 1 is 0.976 bits per heavy atom. The third kappa shape index (κ3) is 6.72. The van der Waals surface area contributed by atoms with Crippen LogP contribution in [0.25, 0.3) is 0 Å². The lowest BCUT2D eigenvalue weighted by Gasteiger charge is -2.45. The smallest absolute Gasteiger partial charge is 0.410 e. The van der Waals surface area contributed by atoms with E-state index in [0.717, 1.165) is 30.9 Å². The molecular weight excluding hydrogens is 532 g/mol. The molecule has 3 atom stereocenters. The van der Waals surface area contributed by atoms with Crippen molar-refractivity contribution < 1.29 is 23.9 Å². The molecular formula is C33H44N4O5. The molecule has 3 aliphatic rings. The first-order chi connectivity index (χ1) is 20.0. The minimum Gasteiger partial charge on any atom is -0.492 e. The SMILES string of the molecule is CC(=O)N[C@@]12CCN(C(=O)OC(C)(C)C)C[C@@H]1[C@@H](c1ccccc1)N(C(=O)c1ccc(OCCN3CCCC3)cc1)C2. The van der Waals surface area contributed by atoms with Gasteiger partial charge in [0.25, 0.3) is 5.91 Å². The van der Waals surface area contributed by atoms with Gasteiger partial charge in [0, 0.05) is 44.6 Å². The van der Waals surface area contributed by atoms with E-state index >= 15 is 0 Å². The van der Waals surface area contributed by atoms with E-state index in [1.54, 1.807) is 4.90 Å². The summed E-state index contributed by atoms with van der Waals surface area (Å²) in [5.74, 6) is 0.253.